The first-order chi connectivity index (χ1) is 9.09. The molecule has 1 heterocycles. The first kappa shape index (κ1) is 13.3. The van der Waals surface area contributed by atoms with E-state index in [0.29, 0.717) is 13.1 Å². The normalized spacial score (nSPS) is 10.4. The highest BCUT2D eigenvalue weighted by Gasteiger charge is 2.15. The molecule has 1 amide bonds. The third-order valence-corrected chi connectivity index (χ3v) is 3.04. The lowest BCUT2D eigenvalue weighted by Crippen LogP contribution is -2.27. The number of phenolic OH excluding ortho intramolecular Hbond substituents is 2. The molecule has 0 bridgehead atoms. The van der Waals surface area contributed by atoms with E-state index in [-0.39, 0.29) is 16.3 Å². The number of aromatic nitrogens is 1. The van der Waals surface area contributed by atoms with Gasteiger partial charge in [0.2, 0.25) is 0 Å². The van der Waals surface area contributed by atoms with Gasteiger partial charge in [0.1, 0.15) is 0 Å². The van der Waals surface area contributed by atoms with Crippen LogP contribution in [0.5, 0.6) is 11.5 Å². The van der Waals surface area contributed by atoms with Crippen LogP contribution in [0.4, 0.5) is 0 Å². The zero-order chi connectivity index (χ0) is 13.8. The van der Waals surface area contributed by atoms with Gasteiger partial charge in [-0.25, -0.2) is 0 Å². The number of nitrogens with one attached hydrogen (secondary N) is 1. The quantitative estimate of drug-likeness (QED) is 0.750. The number of carbonyl (C=O) groups excluding carboxylic acids is 1. The second-order valence-electron chi connectivity index (χ2n) is 3.97. The molecule has 0 unspecified atom stereocenters. The van der Waals surface area contributed by atoms with Crippen LogP contribution in [0.3, 0.4) is 0 Å². The third kappa shape index (κ3) is 3.00. The van der Waals surface area contributed by atoms with E-state index in [1.807, 2.05) is 29.1 Å². The monoisotopic (exact) mass is 280 g/mol. The number of rotatable bonds is 4. The van der Waals surface area contributed by atoms with E-state index in [0.717, 1.165) is 0 Å². The van der Waals surface area contributed by atoms with Gasteiger partial charge in [0.05, 0.1) is 10.6 Å². The summed E-state index contributed by atoms with van der Waals surface area (Å²) in [5, 5.41) is 21.2. The van der Waals surface area contributed by atoms with Crippen molar-refractivity contribution in [3.63, 3.8) is 0 Å². The molecule has 0 aliphatic rings. The SMILES string of the molecule is O=C(NCCn1cccc1)c1ccc(O)c(O)c1Cl. The van der Waals surface area contributed by atoms with Gasteiger partial charge in [-0.05, 0) is 24.3 Å². The van der Waals surface area contributed by atoms with Gasteiger partial charge in [-0.15, -0.1) is 0 Å². The summed E-state index contributed by atoms with van der Waals surface area (Å²) in [5.41, 5.74) is 0.129. The summed E-state index contributed by atoms with van der Waals surface area (Å²) in [7, 11) is 0. The van der Waals surface area contributed by atoms with Gasteiger partial charge in [0.25, 0.3) is 5.91 Å². The topological polar surface area (TPSA) is 74.5 Å². The summed E-state index contributed by atoms with van der Waals surface area (Å²) in [6, 6.07) is 6.39. The number of phenols is 2. The van der Waals surface area contributed by atoms with Crippen molar-refractivity contribution in [1.29, 1.82) is 0 Å². The lowest BCUT2D eigenvalue weighted by atomic mass is 10.2. The van der Waals surface area contributed by atoms with Crippen molar-refractivity contribution in [2.24, 2.45) is 0 Å². The number of amides is 1. The van der Waals surface area contributed by atoms with Gasteiger partial charge in [0.15, 0.2) is 11.5 Å². The highest BCUT2D eigenvalue weighted by molar-refractivity contribution is 6.35. The average molecular weight is 281 g/mol. The summed E-state index contributed by atoms with van der Waals surface area (Å²) in [4.78, 5) is 11.9. The molecule has 0 radical (unpaired) electrons. The molecule has 0 spiro atoms. The maximum atomic E-state index is 11.9. The van der Waals surface area contributed by atoms with Crippen molar-refractivity contribution in [2.45, 2.75) is 6.54 Å². The van der Waals surface area contributed by atoms with E-state index in [9.17, 15) is 15.0 Å². The smallest absolute Gasteiger partial charge is 0.253 e. The van der Waals surface area contributed by atoms with E-state index in [1.165, 1.54) is 12.1 Å². The maximum Gasteiger partial charge on any atom is 0.253 e. The molecule has 2 rings (SSSR count). The van der Waals surface area contributed by atoms with Crippen LogP contribution < -0.4 is 5.32 Å². The molecule has 0 fully saturated rings. The van der Waals surface area contributed by atoms with Crippen LogP contribution in [-0.4, -0.2) is 27.2 Å². The zero-order valence-electron chi connectivity index (χ0n) is 10.0. The van der Waals surface area contributed by atoms with Crippen LogP contribution in [0.2, 0.25) is 5.02 Å². The van der Waals surface area contributed by atoms with Gasteiger partial charge in [0, 0.05) is 25.5 Å². The van der Waals surface area contributed by atoms with Gasteiger partial charge < -0.3 is 20.1 Å². The fraction of sp³-hybridized carbons (Fsp3) is 0.154. The minimum absolute atomic E-state index is 0.129. The Morgan fingerprint density at radius 2 is 1.95 bits per heavy atom. The molecule has 0 saturated heterocycles. The Bertz CT molecular complexity index is 582. The number of nitrogens with zero attached hydrogens (tertiary/aromatic N) is 1. The molecule has 0 aliphatic carbocycles. The second-order valence-corrected chi connectivity index (χ2v) is 4.35. The number of aromatic hydroxyl groups is 2. The highest BCUT2D eigenvalue weighted by Crippen LogP contribution is 2.35. The van der Waals surface area contributed by atoms with Crippen LogP contribution in [0, 0.1) is 0 Å². The predicted molar refractivity (Wildman–Crippen MR) is 71.5 cm³/mol. The Morgan fingerprint density at radius 3 is 2.63 bits per heavy atom. The van der Waals surface area contributed by atoms with Crippen molar-refractivity contribution >= 4 is 17.5 Å². The molecular formula is C13H13ClN2O3. The predicted octanol–water partition coefficient (Wildman–Crippen LogP) is 1.98. The standard InChI is InChI=1S/C13H13ClN2O3/c14-11-9(3-4-10(17)12(11)18)13(19)15-5-8-16-6-1-2-7-16/h1-4,6-7,17-18H,5,8H2,(H,15,19). The Kier molecular flexibility index (Phi) is 3.97. The minimum Gasteiger partial charge on any atom is -0.504 e. The number of hydrogen-bond acceptors (Lipinski definition) is 3. The maximum absolute atomic E-state index is 11.9. The van der Waals surface area contributed by atoms with Crippen molar-refractivity contribution in [3.05, 3.63) is 47.2 Å². The summed E-state index contributed by atoms with van der Waals surface area (Å²) in [6.07, 6.45) is 3.79. The zero-order valence-corrected chi connectivity index (χ0v) is 10.8. The molecule has 0 aliphatic heterocycles. The number of carbonyl (C=O) groups is 1. The lowest BCUT2D eigenvalue weighted by molar-refractivity contribution is 0.0952. The number of hydrogen-bond donors (Lipinski definition) is 3. The molecule has 100 valence electrons. The van der Waals surface area contributed by atoms with E-state index < -0.39 is 11.7 Å². The van der Waals surface area contributed by atoms with Gasteiger partial charge in [-0.3, -0.25) is 4.79 Å². The largest absolute Gasteiger partial charge is 0.504 e. The third-order valence-electron chi connectivity index (χ3n) is 2.66. The summed E-state index contributed by atoms with van der Waals surface area (Å²) >= 11 is 5.80. The summed E-state index contributed by atoms with van der Waals surface area (Å²) < 4.78 is 1.93. The van der Waals surface area contributed by atoms with Gasteiger partial charge >= 0.3 is 0 Å². The van der Waals surface area contributed by atoms with Crippen molar-refractivity contribution in [1.82, 2.24) is 9.88 Å². The van der Waals surface area contributed by atoms with Crippen LogP contribution in [0.25, 0.3) is 0 Å². The Labute approximate surface area is 115 Å². The molecule has 0 saturated carbocycles. The van der Waals surface area contributed by atoms with E-state index in [1.54, 1.807) is 0 Å². The van der Waals surface area contributed by atoms with Crippen molar-refractivity contribution in [2.75, 3.05) is 6.54 Å². The van der Waals surface area contributed by atoms with Crippen LogP contribution in [-0.2, 0) is 6.54 Å². The molecule has 2 aromatic rings. The Morgan fingerprint density at radius 1 is 1.26 bits per heavy atom. The van der Waals surface area contributed by atoms with Gasteiger partial charge in [-0.1, -0.05) is 11.6 Å². The Hall–Kier alpha value is -2.14. The van der Waals surface area contributed by atoms with Crippen molar-refractivity contribution < 1.29 is 15.0 Å². The Balaban J connectivity index is 1.98. The van der Waals surface area contributed by atoms with Gasteiger partial charge in [-0.2, -0.15) is 0 Å². The first-order valence-electron chi connectivity index (χ1n) is 5.69. The molecule has 3 N–H and O–H groups in total. The first-order valence-corrected chi connectivity index (χ1v) is 6.07. The molecule has 1 aromatic carbocycles. The van der Waals surface area contributed by atoms with E-state index >= 15 is 0 Å². The summed E-state index contributed by atoms with van der Waals surface area (Å²) in [6.45, 7) is 1.08. The lowest BCUT2D eigenvalue weighted by Gasteiger charge is -2.09. The van der Waals surface area contributed by atoms with Crippen LogP contribution in [0.15, 0.2) is 36.7 Å². The number of benzene rings is 1. The fourth-order valence-electron chi connectivity index (χ4n) is 1.64. The minimum atomic E-state index is -0.486. The van der Waals surface area contributed by atoms with Crippen LogP contribution in [0.1, 0.15) is 10.4 Å². The van der Waals surface area contributed by atoms with E-state index in [2.05, 4.69) is 5.32 Å². The van der Waals surface area contributed by atoms with Crippen molar-refractivity contribution in [3.8, 4) is 11.5 Å². The molecule has 6 heteroatoms. The number of halogens is 1. The molecule has 0 atom stereocenters. The molecule has 1 aromatic heterocycles. The van der Waals surface area contributed by atoms with Crippen LogP contribution >= 0.6 is 11.6 Å². The second kappa shape index (κ2) is 5.67. The molecule has 19 heavy (non-hydrogen) atoms. The average Bonchev–Trinajstić information content (AvgIpc) is 2.89. The van der Waals surface area contributed by atoms with E-state index in [4.69, 9.17) is 11.6 Å². The highest BCUT2D eigenvalue weighted by atomic mass is 35.5. The molecular weight excluding hydrogens is 268 g/mol. The molecule has 5 nitrogen and oxygen atoms in total. The summed E-state index contributed by atoms with van der Waals surface area (Å²) in [5.74, 6) is -1.24. The fourth-order valence-corrected chi connectivity index (χ4v) is 1.89.